The highest BCUT2D eigenvalue weighted by molar-refractivity contribution is 7.90. The van der Waals surface area contributed by atoms with E-state index in [2.05, 4.69) is 0 Å². The van der Waals surface area contributed by atoms with Crippen LogP contribution < -0.4 is 14.2 Å². The molecule has 0 aliphatic heterocycles. The summed E-state index contributed by atoms with van der Waals surface area (Å²) in [6.45, 7) is 0. The first-order valence-electron chi connectivity index (χ1n) is 9.53. The molecule has 0 heterocycles. The maximum Gasteiger partial charge on any atom is 0.203 e. The van der Waals surface area contributed by atoms with Crippen LogP contribution in [-0.2, 0) is 15.6 Å². The molecule has 8 heteroatoms. The number of halogens is 2. The Hall–Kier alpha value is -2.67. The summed E-state index contributed by atoms with van der Waals surface area (Å²) in [5, 5.41) is 0.502. The number of ether oxygens (including phenoxy) is 3. The van der Waals surface area contributed by atoms with Gasteiger partial charge in [-0.15, -0.1) is 0 Å². The van der Waals surface area contributed by atoms with E-state index in [1.54, 1.807) is 33.5 Å². The Kier molecular flexibility index (Phi) is 7.72. The zero-order chi connectivity index (χ0) is 23.3. The van der Waals surface area contributed by atoms with Gasteiger partial charge in [0.2, 0.25) is 5.75 Å². The second-order valence-electron chi connectivity index (χ2n) is 6.83. The lowest BCUT2D eigenvalue weighted by atomic mass is 10.1. The van der Waals surface area contributed by atoms with Crippen LogP contribution in [0.25, 0.3) is 12.2 Å². The van der Waals surface area contributed by atoms with Crippen molar-refractivity contribution in [2.75, 3.05) is 21.3 Å². The van der Waals surface area contributed by atoms with Crippen LogP contribution in [0.2, 0.25) is 10.0 Å². The minimum Gasteiger partial charge on any atom is -0.493 e. The van der Waals surface area contributed by atoms with Gasteiger partial charge >= 0.3 is 0 Å². The Bertz CT molecular complexity index is 1230. The summed E-state index contributed by atoms with van der Waals surface area (Å²) in [5.74, 6) is 1.38. The number of benzene rings is 3. The van der Waals surface area contributed by atoms with Gasteiger partial charge in [-0.1, -0.05) is 59.6 Å². The third-order valence-corrected chi connectivity index (χ3v) is 7.20. The Morgan fingerprint density at radius 3 is 2.06 bits per heavy atom. The van der Waals surface area contributed by atoms with Crippen LogP contribution in [0.5, 0.6) is 17.2 Å². The Morgan fingerprint density at radius 2 is 1.47 bits per heavy atom. The van der Waals surface area contributed by atoms with Gasteiger partial charge < -0.3 is 14.2 Å². The first-order valence-corrected chi connectivity index (χ1v) is 11.9. The summed E-state index contributed by atoms with van der Waals surface area (Å²) in [5.41, 5.74) is 2.23. The predicted octanol–water partition coefficient (Wildman–Crippen LogP) is 6.16. The molecule has 0 fully saturated rings. The molecule has 0 aliphatic carbocycles. The number of hydrogen-bond donors (Lipinski definition) is 0. The van der Waals surface area contributed by atoms with Gasteiger partial charge in [0, 0.05) is 0 Å². The molecule has 3 rings (SSSR count). The predicted molar refractivity (Wildman–Crippen MR) is 129 cm³/mol. The molecule has 3 aromatic carbocycles. The van der Waals surface area contributed by atoms with E-state index in [-0.39, 0.29) is 15.7 Å². The summed E-state index contributed by atoms with van der Waals surface area (Å²) in [6, 6.07) is 15.2. The van der Waals surface area contributed by atoms with E-state index in [9.17, 15) is 8.42 Å². The molecule has 0 unspecified atom stereocenters. The molecular weight excluding hydrogens is 471 g/mol. The van der Waals surface area contributed by atoms with Gasteiger partial charge in [-0.2, -0.15) is 0 Å². The molecule has 0 bridgehead atoms. The fourth-order valence-corrected chi connectivity index (χ4v) is 4.94. The van der Waals surface area contributed by atoms with E-state index in [1.807, 2.05) is 36.4 Å². The third kappa shape index (κ3) is 5.38. The summed E-state index contributed by atoms with van der Waals surface area (Å²) < 4.78 is 42.0. The first-order chi connectivity index (χ1) is 15.3. The van der Waals surface area contributed by atoms with Crippen molar-refractivity contribution < 1.29 is 22.6 Å². The van der Waals surface area contributed by atoms with Crippen molar-refractivity contribution in [3.05, 3.63) is 81.3 Å². The fraction of sp³-hybridized carbons (Fsp3) is 0.167. The zero-order valence-corrected chi connectivity index (χ0v) is 20.1. The summed E-state index contributed by atoms with van der Waals surface area (Å²) in [7, 11) is 1.02. The van der Waals surface area contributed by atoms with Crippen molar-refractivity contribution in [2.24, 2.45) is 0 Å². The number of methoxy groups -OCH3 is 3. The SMILES string of the molecule is COc1cc(/C=C\c2ccccc2CS(=O)(=O)c2ccc(Cl)c(Cl)c2)cc(OC)c1OC. The van der Waals surface area contributed by atoms with Crippen LogP contribution in [0, 0.1) is 0 Å². The van der Waals surface area contributed by atoms with Crippen molar-refractivity contribution in [2.45, 2.75) is 10.6 Å². The quantitative estimate of drug-likeness (QED) is 0.352. The van der Waals surface area contributed by atoms with Gasteiger partial charge in [0.15, 0.2) is 21.3 Å². The van der Waals surface area contributed by atoms with Crippen LogP contribution in [0.1, 0.15) is 16.7 Å². The highest BCUT2D eigenvalue weighted by atomic mass is 35.5. The van der Waals surface area contributed by atoms with Crippen LogP contribution in [0.3, 0.4) is 0 Å². The molecule has 3 aromatic rings. The van der Waals surface area contributed by atoms with Crippen molar-refractivity contribution in [3.8, 4) is 17.2 Å². The summed E-state index contributed by atoms with van der Waals surface area (Å²) in [6.07, 6.45) is 3.70. The summed E-state index contributed by atoms with van der Waals surface area (Å²) in [4.78, 5) is 0.121. The van der Waals surface area contributed by atoms with E-state index in [0.29, 0.717) is 27.8 Å². The Morgan fingerprint density at radius 1 is 0.812 bits per heavy atom. The minimum absolute atomic E-state index is 0.121. The van der Waals surface area contributed by atoms with E-state index in [4.69, 9.17) is 37.4 Å². The highest BCUT2D eigenvalue weighted by Gasteiger charge is 2.18. The van der Waals surface area contributed by atoms with Crippen LogP contribution in [0.15, 0.2) is 59.5 Å². The molecule has 0 spiro atoms. The fourth-order valence-electron chi connectivity index (χ4n) is 3.17. The van der Waals surface area contributed by atoms with Gasteiger partial charge in [-0.05, 0) is 47.0 Å². The largest absolute Gasteiger partial charge is 0.493 e. The topological polar surface area (TPSA) is 61.8 Å². The van der Waals surface area contributed by atoms with Crippen LogP contribution >= 0.6 is 23.2 Å². The number of rotatable bonds is 8. The van der Waals surface area contributed by atoms with Crippen molar-refractivity contribution in [1.82, 2.24) is 0 Å². The normalized spacial score (nSPS) is 11.5. The molecule has 0 aromatic heterocycles. The lowest BCUT2D eigenvalue weighted by Crippen LogP contribution is -2.06. The molecule has 0 radical (unpaired) electrons. The standard InChI is InChI=1S/C24H22Cl2O5S/c1-29-22-12-16(13-23(30-2)24(22)31-3)8-9-17-6-4-5-7-18(17)15-32(27,28)19-10-11-20(25)21(26)14-19/h4-14H,15H2,1-3H3/b9-8-. The minimum atomic E-state index is -3.62. The molecule has 32 heavy (non-hydrogen) atoms. The second kappa shape index (κ2) is 10.3. The van der Waals surface area contributed by atoms with Crippen molar-refractivity contribution >= 4 is 45.2 Å². The van der Waals surface area contributed by atoms with Crippen molar-refractivity contribution in [1.29, 1.82) is 0 Å². The van der Waals surface area contributed by atoms with Crippen LogP contribution in [-0.4, -0.2) is 29.7 Å². The molecule has 0 aliphatic rings. The molecule has 168 valence electrons. The van der Waals surface area contributed by atoms with Gasteiger partial charge in [-0.25, -0.2) is 8.42 Å². The average Bonchev–Trinajstić information content (AvgIpc) is 2.79. The van der Waals surface area contributed by atoms with E-state index >= 15 is 0 Å². The average molecular weight is 493 g/mol. The highest BCUT2D eigenvalue weighted by Crippen LogP contribution is 2.38. The van der Waals surface area contributed by atoms with E-state index in [1.165, 1.54) is 18.2 Å². The summed E-state index contributed by atoms with van der Waals surface area (Å²) >= 11 is 11.9. The molecule has 0 saturated carbocycles. The van der Waals surface area contributed by atoms with Gasteiger partial charge in [-0.3, -0.25) is 0 Å². The molecular formula is C24H22Cl2O5S. The smallest absolute Gasteiger partial charge is 0.203 e. The zero-order valence-electron chi connectivity index (χ0n) is 17.8. The first kappa shape index (κ1) is 24.0. The van der Waals surface area contributed by atoms with Gasteiger partial charge in [0.1, 0.15) is 0 Å². The van der Waals surface area contributed by atoms with E-state index < -0.39 is 9.84 Å². The van der Waals surface area contributed by atoms with Crippen LogP contribution in [0.4, 0.5) is 0 Å². The molecule has 0 amide bonds. The maximum atomic E-state index is 13.0. The van der Waals surface area contributed by atoms with Crippen molar-refractivity contribution in [3.63, 3.8) is 0 Å². The van der Waals surface area contributed by atoms with Gasteiger partial charge in [0.25, 0.3) is 0 Å². The number of sulfone groups is 1. The molecule has 0 atom stereocenters. The number of hydrogen-bond acceptors (Lipinski definition) is 5. The Labute approximate surface area is 198 Å². The lowest BCUT2D eigenvalue weighted by molar-refractivity contribution is 0.324. The molecule has 0 saturated heterocycles. The van der Waals surface area contributed by atoms with Gasteiger partial charge in [0.05, 0.1) is 42.0 Å². The molecule has 0 N–H and O–H groups in total. The van der Waals surface area contributed by atoms with E-state index in [0.717, 1.165) is 11.1 Å². The second-order valence-corrected chi connectivity index (χ2v) is 9.63. The monoisotopic (exact) mass is 492 g/mol. The maximum absolute atomic E-state index is 13.0. The molecule has 5 nitrogen and oxygen atoms in total. The third-order valence-electron chi connectivity index (χ3n) is 4.79. The lowest BCUT2D eigenvalue weighted by Gasteiger charge is -2.13. The Balaban J connectivity index is 1.94.